The molecule has 156 valence electrons. The molecule has 0 fully saturated rings. The summed E-state index contributed by atoms with van der Waals surface area (Å²) in [6.45, 7) is 6.27. The molecular weight excluding hydrogens is 382 g/mol. The van der Waals surface area contributed by atoms with E-state index in [1.807, 2.05) is 36.9 Å². The lowest BCUT2D eigenvalue weighted by Gasteiger charge is -2.29. The first-order valence-corrected chi connectivity index (χ1v) is 10.9. The predicted molar refractivity (Wildman–Crippen MR) is 127 cm³/mol. The lowest BCUT2D eigenvalue weighted by atomic mass is 10.0. The van der Waals surface area contributed by atoms with E-state index in [0.717, 1.165) is 36.3 Å². The van der Waals surface area contributed by atoms with Crippen molar-refractivity contribution in [3.05, 3.63) is 101 Å². The van der Waals surface area contributed by atoms with Crippen molar-refractivity contribution in [2.24, 2.45) is 0 Å². The summed E-state index contributed by atoms with van der Waals surface area (Å²) in [5, 5.41) is 4.40. The van der Waals surface area contributed by atoms with Gasteiger partial charge in [0.15, 0.2) is 0 Å². The highest BCUT2D eigenvalue weighted by molar-refractivity contribution is 5.92. The van der Waals surface area contributed by atoms with E-state index in [1.54, 1.807) is 0 Å². The van der Waals surface area contributed by atoms with Crippen molar-refractivity contribution in [3.8, 4) is 0 Å². The molecule has 0 bridgehead atoms. The number of hydrogen-bond acceptors (Lipinski definition) is 1. The van der Waals surface area contributed by atoms with Crippen molar-refractivity contribution < 1.29 is 4.79 Å². The number of nitrogens with one attached hydrogen (secondary N) is 1. The van der Waals surface area contributed by atoms with Gasteiger partial charge in [0.1, 0.15) is 0 Å². The second-order valence-corrected chi connectivity index (χ2v) is 8.38. The van der Waals surface area contributed by atoms with Crippen LogP contribution in [0.2, 0.25) is 0 Å². The van der Waals surface area contributed by atoms with E-state index in [9.17, 15) is 4.79 Å². The normalized spacial score (nSPS) is 13.3. The van der Waals surface area contributed by atoms with Gasteiger partial charge < -0.3 is 14.8 Å². The van der Waals surface area contributed by atoms with Crippen LogP contribution in [0.1, 0.15) is 27.9 Å². The SMILES string of the molecule is Cc1cccc(C)c1NC(=O)N1CCc2c(c3ccccc3n2Cc2ccccc2)C1. The number of benzene rings is 3. The van der Waals surface area contributed by atoms with E-state index in [2.05, 4.69) is 64.5 Å². The Morgan fingerprint density at radius 1 is 0.903 bits per heavy atom. The number of aromatic nitrogens is 1. The van der Waals surface area contributed by atoms with Crippen LogP contribution in [0.4, 0.5) is 10.5 Å². The van der Waals surface area contributed by atoms with Crippen LogP contribution in [0.3, 0.4) is 0 Å². The van der Waals surface area contributed by atoms with Crippen molar-refractivity contribution in [2.45, 2.75) is 33.4 Å². The summed E-state index contributed by atoms with van der Waals surface area (Å²) >= 11 is 0. The van der Waals surface area contributed by atoms with Gasteiger partial charge in [0.2, 0.25) is 0 Å². The second-order valence-electron chi connectivity index (χ2n) is 8.38. The summed E-state index contributed by atoms with van der Waals surface area (Å²) < 4.78 is 2.43. The number of anilines is 1. The monoisotopic (exact) mass is 409 g/mol. The maximum atomic E-state index is 13.1. The molecule has 0 atom stereocenters. The van der Waals surface area contributed by atoms with E-state index in [-0.39, 0.29) is 6.03 Å². The lowest BCUT2D eigenvalue weighted by Crippen LogP contribution is -2.39. The van der Waals surface area contributed by atoms with Gasteiger partial charge in [-0.15, -0.1) is 0 Å². The zero-order valence-corrected chi connectivity index (χ0v) is 18.1. The van der Waals surface area contributed by atoms with Crippen molar-refractivity contribution in [1.82, 2.24) is 9.47 Å². The fraction of sp³-hybridized carbons (Fsp3) is 0.222. The fourth-order valence-electron chi connectivity index (χ4n) is 4.72. The van der Waals surface area contributed by atoms with Crippen molar-refractivity contribution in [1.29, 1.82) is 0 Å². The molecule has 1 aliphatic heterocycles. The summed E-state index contributed by atoms with van der Waals surface area (Å²) in [5.41, 5.74) is 8.26. The fourth-order valence-corrected chi connectivity index (χ4v) is 4.72. The first-order chi connectivity index (χ1) is 15.1. The van der Waals surface area contributed by atoms with Crippen LogP contribution in [0.25, 0.3) is 10.9 Å². The second kappa shape index (κ2) is 7.95. The minimum absolute atomic E-state index is 0.0251. The number of amides is 2. The third-order valence-electron chi connectivity index (χ3n) is 6.35. The Bertz CT molecular complexity index is 1240. The Hall–Kier alpha value is -3.53. The Morgan fingerprint density at radius 3 is 2.39 bits per heavy atom. The minimum Gasteiger partial charge on any atom is -0.340 e. The Balaban J connectivity index is 1.46. The molecule has 4 nitrogen and oxygen atoms in total. The Labute approximate surface area is 183 Å². The zero-order chi connectivity index (χ0) is 21.4. The van der Waals surface area contributed by atoms with Crippen LogP contribution < -0.4 is 5.32 Å². The van der Waals surface area contributed by atoms with Crippen LogP contribution in [-0.4, -0.2) is 22.0 Å². The third-order valence-corrected chi connectivity index (χ3v) is 6.35. The molecule has 0 spiro atoms. The van der Waals surface area contributed by atoms with E-state index >= 15 is 0 Å². The molecule has 5 rings (SSSR count). The Kier molecular flexibility index (Phi) is 4.99. The molecule has 0 saturated carbocycles. The molecule has 1 N–H and O–H groups in total. The highest BCUT2D eigenvalue weighted by Gasteiger charge is 2.27. The van der Waals surface area contributed by atoms with Gasteiger partial charge in [0, 0.05) is 53.9 Å². The van der Waals surface area contributed by atoms with Gasteiger partial charge in [-0.1, -0.05) is 66.7 Å². The molecule has 0 saturated heterocycles. The number of rotatable bonds is 3. The van der Waals surface area contributed by atoms with Gasteiger partial charge in [-0.3, -0.25) is 0 Å². The molecular formula is C27H27N3O. The molecule has 1 aromatic heterocycles. The van der Waals surface area contributed by atoms with Gasteiger partial charge in [-0.25, -0.2) is 4.79 Å². The molecule has 31 heavy (non-hydrogen) atoms. The van der Waals surface area contributed by atoms with Crippen molar-refractivity contribution in [2.75, 3.05) is 11.9 Å². The van der Waals surface area contributed by atoms with Gasteiger partial charge in [-0.05, 0) is 36.6 Å². The average molecular weight is 410 g/mol. The Morgan fingerprint density at radius 2 is 1.61 bits per heavy atom. The maximum Gasteiger partial charge on any atom is 0.322 e. The largest absolute Gasteiger partial charge is 0.340 e. The molecule has 0 unspecified atom stereocenters. The van der Waals surface area contributed by atoms with Crippen molar-refractivity contribution >= 4 is 22.6 Å². The van der Waals surface area contributed by atoms with Gasteiger partial charge in [-0.2, -0.15) is 0 Å². The van der Waals surface area contributed by atoms with Crippen LogP contribution in [0, 0.1) is 13.8 Å². The number of para-hydroxylation sites is 2. The average Bonchev–Trinajstić information content (AvgIpc) is 3.10. The number of urea groups is 1. The highest BCUT2D eigenvalue weighted by Crippen LogP contribution is 2.32. The number of carbonyl (C=O) groups is 1. The first kappa shape index (κ1) is 19.4. The summed E-state index contributed by atoms with van der Waals surface area (Å²) in [6.07, 6.45) is 0.858. The number of hydrogen-bond donors (Lipinski definition) is 1. The molecule has 0 aliphatic carbocycles. The summed E-state index contributed by atoms with van der Waals surface area (Å²) in [7, 11) is 0. The van der Waals surface area contributed by atoms with Gasteiger partial charge >= 0.3 is 6.03 Å². The molecule has 4 aromatic rings. The smallest absolute Gasteiger partial charge is 0.322 e. The summed E-state index contributed by atoms with van der Waals surface area (Å²) in [4.78, 5) is 15.1. The molecule has 4 heteroatoms. The van der Waals surface area contributed by atoms with Crippen molar-refractivity contribution in [3.63, 3.8) is 0 Å². The lowest BCUT2D eigenvalue weighted by molar-refractivity contribution is 0.206. The molecule has 0 radical (unpaired) electrons. The third kappa shape index (κ3) is 3.59. The molecule has 3 aromatic carbocycles. The van der Waals surface area contributed by atoms with Crippen LogP contribution in [0.15, 0.2) is 72.8 Å². The molecule has 1 aliphatic rings. The first-order valence-electron chi connectivity index (χ1n) is 10.9. The number of carbonyl (C=O) groups excluding carboxylic acids is 1. The standard InChI is InChI=1S/C27H27N3O/c1-19-9-8-10-20(2)26(19)28-27(31)29-16-15-25-23(18-29)22-13-6-7-14-24(22)30(25)17-21-11-4-3-5-12-21/h3-14H,15-18H2,1-2H3,(H,28,31). The highest BCUT2D eigenvalue weighted by atomic mass is 16.2. The van der Waals surface area contributed by atoms with Crippen LogP contribution >= 0.6 is 0 Å². The quantitative estimate of drug-likeness (QED) is 0.450. The molecule has 2 heterocycles. The zero-order valence-electron chi connectivity index (χ0n) is 18.1. The van der Waals surface area contributed by atoms with E-state index in [0.29, 0.717) is 6.54 Å². The van der Waals surface area contributed by atoms with E-state index in [1.165, 1.54) is 27.7 Å². The topological polar surface area (TPSA) is 37.3 Å². The minimum atomic E-state index is -0.0251. The summed E-state index contributed by atoms with van der Waals surface area (Å²) in [6, 6.07) is 25.2. The van der Waals surface area contributed by atoms with E-state index in [4.69, 9.17) is 0 Å². The molecule has 2 amide bonds. The van der Waals surface area contributed by atoms with Gasteiger partial charge in [0.05, 0.1) is 0 Å². The number of nitrogens with zero attached hydrogens (tertiary/aromatic N) is 2. The van der Waals surface area contributed by atoms with Crippen LogP contribution in [0.5, 0.6) is 0 Å². The van der Waals surface area contributed by atoms with Crippen LogP contribution in [-0.2, 0) is 19.5 Å². The number of aryl methyl sites for hydroxylation is 2. The predicted octanol–water partition coefficient (Wildman–Crippen LogP) is 5.90. The summed E-state index contributed by atoms with van der Waals surface area (Å²) in [5.74, 6) is 0. The van der Waals surface area contributed by atoms with E-state index < -0.39 is 0 Å². The maximum absolute atomic E-state index is 13.1. The van der Waals surface area contributed by atoms with Gasteiger partial charge in [0.25, 0.3) is 0 Å². The number of fused-ring (bicyclic) bond motifs is 3.